The number of nitrogens with one attached hydrogen (secondary N) is 2. The van der Waals surface area contributed by atoms with Crippen molar-refractivity contribution >= 4 is 35.6 Å². The van der Waals surface area contributed by atoms with E-state index in [4.69, 9.17) is 5.73 Å². The average molecular weight is 345 g/mol. The fourth-order valence-corrected chi connectivity index (χ4v) is 1.64. The third-order valence-electron chi connectivity index (χ3n) is 3.15. The quantitative estimate of drug-likeness (QED) is 0.530. The molecule has 0 saturated carbocycles. The van der Waals surface area contributed by atoms with Gasteiger partial charge in [0, 0.05) is 12.1 Å². The number of nitro benzene ring substituents is 1. The van der Waals surface area contributed by atoms with Gasteiger partial charge in [-0.25, -0.2) is 0 Å². The van der Waals surface area contributed by atoms with Gasteiger partial charge < -0.3 is 16.4 Å². The largest absolute Gasteiger partial charge is 0.346 e. The zero-order valence-corrected chi connectivity index (χ0v) is 14.0. The molecule has 0 spiro atoms. The zero-order chi connectivity index (χ0) is 16.9. The van der Waals surface area contributed by atoms with Crippen molar-refractivity contribution in [3.63, 3.8) is 0 Å². The maximum Gasteiger partial charge on any atom is 0.271 e. The van der Waals surface area contributed by atoms with Crippen LogP contribution in [0.5, 0.6) is 0 Å². The highest BCUT2D eigenvalue weighted by Gasteiger charge is 2.18. The lowest BCUT2D eigenvalue weighted by Gasteiger charge is -2.15. The maximum absolute atomic E-state index is 11.8. The number of nitrogens with zero attached hydrogens (tertiary/aromatic N) is 1. The standard InChI is InChI=1S/C14H20N4O4.ClH/c1-8(2)13(15)14(20)16-7-12(19)17-11-6-10(18(21)22)5-4-9(11)3;/h4-6,8,13H,7,15H2,1-3H3,(H,16,20)(H,17,19);1H/t13-;/m0./s1. The molecule has 2 amide bonds. The molecule has 9 heteroatoms. The van der Waals surface area contributed by atoms with Crippen LogP contribution in [0.1, 0.15) is 19.4 Å². The van der Waals surface area contributed by atoms with Crippen molar-refractivity contribution in [1.29, 1.82) is 0 Å². The molecule has 1 atom stereocenters. The molecule has 0 radical (unpaired) electrons. The molecule has 0 heterocycles. The van der Waals surface area contributed by atoms with Gasteiger partial charge in [-0.05, 0) is 18.4 Å². The molecule has 0 unspecified atom stereocenters. The summed E-state index contributed by atoms with van der Waals surface area (Å²) < 4.78 is 0. The predicted molar refractivity (Wildman–Crippen MR) is 89.5 cm³/mol. The van der Waals surface area contributed by atoms with Gasteiger partial charge in [0.1, 0.15) is 0 Å². The van der Waals surface area contributed by atoms with Gasteiger partial charge in [0.2, 0.25) is 11.8 Å². The van der Waals surface area contributed by atoms with Crippen LogP contribution in [-0.4, -0.2) is 29.3 Å². The first-order valence-corrected chi connectivity index (χ1v) is 6.80. The van der Waals surface area contributed by atoms with Gasteiger partial charge in [0.25, 0.3) is 5.69 Å². The average Bonchev–Trinajstić information content (AvgIpc) is 2.45. The van der Waals surface area contributed by atoms with Gasteiger partial charge >= 0.3 is 0 Å². The Hall–Kier alpha value is -2.19. The molecular formula is C14H21ClN4O4. The highest BCUT2D eigenvalue weighted by molar-refractivity contribution is 5.96. The van der Waals surface area contributed by atoms with E-state index in [1.807, 2.05) is 0 Å². The van der Waals surface area contributed by atoms with Crippen LogP contribution in [0.15, 0.2) is 18.2 Å². The third kappa shape index (κ3) is 6.21. The van der Waals surface area contributed by atoms with Gasteiger partial charge in [0.15, 0.2) is 0 Å². The van der Waals surface area contributed by atoms with E-state index >= 15 is 0 Å². The highest BCUT2D eigenvalue weighted by atomic mass is 35.5. The summed E-state index contributed by atoms with van der Waals surface area (Å²) in [6, 6.07) is 3.48. The summed E-state index contributed by atoms with van der Waals surface area (Å²) in [7, 11) is 0. The number of hydrogen-bond donors (Lipinski definition) is 3. The van der Waals surface area contributed by atoms with E-state index < -0.39 is 22.8 Å². The third-order valence-corrected chi connectivity index (χ3v) is 3.15. The van der Waals surface area contributed by atoms with E-state index in [1.54, 1.807) is 26.8 Å². The van der Waals surface area contributed by atoms with Crippen molar-refractivity contribution in [2.75, 3.05) is 11.9 Å². The molecule has 8 nitrogen and oxygen atoms in total. The van der Waals surface area contributed by atoms with Crippen molar-refractivity contribution in [2.45, 2.75) is 26.8 Å². The van der Waals surface area contributed by atoms with Gasteiger partial charge in [0.05, 0.1) is 23.2 Å². The molecule has 0 saturated heterocycles. The first kappa shape index (κ1) is 20.8. The van der Waals surface area contributed by atoms with Crippen LogP contribution in [0.2, 0.25) is 0 Å². The van der Waals surface area contributed by atoms with Crippen molar-refractivity contribution in [3.05, 3.63) is 33.9 Å². The summed E-state index contributed by atoms with van der Waals surface area (Å²) in [4.78, 5) is 33.6. The molecule has 0 fully saturated rings. The van der Waals surface area contributed by atoms with Crippen molar-refractivity contribution in [2.24, 2.45) is 11.7 Å². The first-order chi connectivity index (χ1) is 10.2. The lowest BCUT2D eigenvalue weighted by atomic mass is 10.1. The number of carbonyl (C=O) groups is 2. The number of benzene rings is 1. The smallest absolute Gasteiger partial charge is 0.271 e. The van der Waals surface area contributed by atoms with Crippen molar-refractivity contribution < 1.29 is 14.5 Å². The summed E-state index contributed by atoms with van der Waals surface area (Å²) in [5.74, 6) is -0.934. The van der Waals surface area contributed by atoms with Crippen molar-refractivity contribution in [1.82, 2.24) is 5.32 Å². The molecule has 1 aromatic carbocycles. The normalized spacial score (nSPS) is 11.3. The number of aryl methyl sites for hydroxylation is 1. The number of nitro groups is 1. The number of carbonyl (C=O) groups excluding carboxylic acids is 2. The second-order valence-corrected chi connectivity index (χ2v) is 5.29. The fourth-order valence-electron chi connectivity index (χ4n) is 1.64. The SMILES string of the molecule is Cc1ccc([N+](=O)[O-])cc1NC(=O)CNC(=O)[C@@H](N)C(C)C.Cl. The van der Waals surface area contributed by atoms with Crippen LogP contribution in [0, 0.1) is 23.0 Å². The Bertz CT molecular complexity index is 592. The molecule has 23 heavy (non-hydrogen) atoms. The van der Waals surface area contributed by atoms with E-state index in [-0.39, 0.29) is 30.6 Å². The number of nitrogens with two attached hydrogens (primary N) is 1. The summed E-state index contributed by atoms with van der Waals surface area (Å²) in [5.41, 5.74) is 6.56. The number of halogens is 1. The molecule has 1 aromatic rings. The number of hydrogen-bond acceptors (Lipinski definition) is 5. The minimum absolute atomic E-state index is 0. The second-order valence-electron chi connectivity index (χ2n) is 5.29. The van der Waals surface area contributed by atoms with Gasteiger partial charge in [-0.15, -0.1) is 12.4 Å². The van der Waals surface area contributed by atoms with E-state index in [2.05, 4.69) is 10.6 Å². The number of anilines is 1. The Kier molecular flexibility index (Phi) is 8.20. The maximum atomic E-state index is 11.8. The van der Waals surface area contributed by atoms with Crippen LogP contribution in [0.25, 0.3) is 0 Å². The molecule has 1 rings (SSSR count). The van der Waals surface area contributed by atoms with E-state index in [1.165, 1.54) is 12.1 Å². The Morgan fingerprint density at radius 1 is 1.35 bits per heavy atom. The van der Waals surface area contributed by atoms with Crippen molar-refractivity contribution in [3.8, 4) is 0 Å². The first-order valence-electron chi connectivity index (χ1n) is 6.80. The molecule has 4 N–H and O–H groups in total. The van der Waals surface area contributed by atoms with Crippen LogP contribution in [0.3, 0.4) is 0 Å². The van der Waals surface area contributed by atoms with Gasteiger partial charge in [-0.2, -0.15) is 0 Å². The summed E-state index contributed by atoms with van der Waals surface area (Å²) in [6.07, 6.45) is 0. The van der Waals surface area contributed by atoms with Crippen LogP contribution in [0.4, 0.5) is 11.4 Å². The summed E-state index contributed by atoms with van der Waals surface area (Å²) in [5, 5.41) is 15.7. The van der Waals surface area contributed by atoms with E-state index in [0.29, 0.717) is 11.3 Å². The second kappa shape index (κ2) is 9.06. The van der Waals surface area contributed by atoms with Crippen LogP contribution < -0.4 is 16.4 Å². The minimum atomic E-state index is -0.688. The molecule has 128 valence electrons. The van der Waals surface area contributed by atoms with Crippen LogP contribution in [-0.2, 0) is 9.59 Å². The van der Waals surface area contributed by atoms with Crippen LogP contribution >= 0.6 is 12.4 Å². The number of non-ortho nitro benzene ring substituents is 1. The number of rotatable bonds is 6. The van der Waals surface area contributed by atoms with E-state index in [9.17, 15) is 19.7 Å². The minimum Gasteiger partial charge on any atom is -0.346 e. The molecule has 0 bridgehead atoms. The lowest BCUT2D eigenvalue weighted by molar-refractivity contribution is -0.384. The molecule has 0 aromatic heterocycles. The number of amides is 2. The lowest BCUT2D eigenvalue weighted by Crippen LogP contribution is -2.46. The highest BCUT2D eigenvalue weighted by Crippen LogP contribution is 2.21. The molecule has 0 aliphatic heterocycles. The zero-order valence-electron chi connectivity index (χ0n) is 13.2. The Labute approximate surface area is 140 Å². The Morgan fingerprint density at radius 2 is 1.96 bits per heavy atom. The monoisotopic (exact) mass is 344 g/mol. The topological polar surface area (TPSA) is 127 Å². The molecular weight excluding hydrogens is 324 g/mol. The van der Waals surface area contributed by atoms with E-state index in [0.717, 1.165) is 0 Å². The predicted octanol–water partition coefficient (Wildman–Crippen LogP) is 1.36. The van der Waals surface area contributed by atoms with Gasteiger partial charge in [-0.3, -0.25) is 19.7 Å². The molecule has 0 aliphatic carbocycles. The fraction of sp³-hybridized carbons (Fsp3) is 0.429. The summed E-state index contributed by atoms with van der Waals surface area (Å²) in [6.45, 7) is 5.07. The van der Waals surface area contributed by atoms with Gasteiger partial charge in [-0.1, -0.05) is 19.9 Å². The Morgan fingerprint density at radius 3 is 2.48 bits per heavy atom. The Balaban J connectivity index is 0.00000484. The molecule has 0 aliphatic rings. The summed E-state index contributed by atoms with van der Waals surface area (Å²) >= 11 is 0.